The van der Waals surface area contributed by atoms with Crippen LogP contribution in [0.4, 0.5) is 0 Å². The second kappa shape index (κ2) is 3.82. The quantitative estimate of drug-likeness (QED) is 0.755. The van der Waals surface area contributed by atoms with E-state index in [0.717, 1.165) is 12.8 Å². The molecular weight excluding hydrogens is 174 g/mol. The highest BCUT2D eigenvalue weighted by molar-refractivity contribution is 5.78. The fraction of sp³-hybridized carbons (Fsp3) is 0.417. The number of nitrogens with one attached hydrogen (secondary N) is 1. The van der Waals surface area contributed by atoms with Crippen LogP contribution in [0.25, 0.3) is 0 Å². The number of rotatable bonds is 2. The second-order valence-electron chi connectivity index (χ2n) is 3.99. The predicted octanol–water partition coefficient (Wildman–Crippen LogP) is 1.82. The van der Waals surface area contributed by atoms with Crippen molar-refractivity contribution in [3.63, 3.8) is 0 Å². The summed E-state index contributed by atoms with van der Waals surface area (Å²) in [7, 11) is 0. The zero-order chi connectivity index (χ0) is 9.97. The highest BCUT2D eigenvalue weighted by atomic mass is 16.1. The zero-order valence-corrected chi connectivity index (χ0v) is 8.42. The van der Waals surface area contributed by atoms with Crippen molar-refractivity contribution in [2.75, 3.05) is 0 Å². The Hall–Kier alpha value is -1.31. The van der Waals surface area contributed by atoms with Crippen molar-refractivity contribution < 1.29 is 4.79 Å². The number of hydrogen-bond donors (Lipinski definition) is 1. The molecule has 0 bridgehead atoms. The van der Waals surface area contributed by atoms with Crippen LogP contribution in [0.5, 0.6) is 0 Å². The van der Waals surface area contributed by atoms with Crippen molar-refractivity contribution in [1.29, 1.82) is 0 Å². The molecule has 1 heterocycles. The fourth-order valence-electron chi connectivity index (χ4n) is 1.84. The van der Waals surface area contributed by atoms with E-state index in [4.69, 9.17) is 0 Å². The summed E-state index contributed by atoms with van der Waals surface area (Å²) in [6, 6.07) is 8.86. The summed E-state index contributed by atoms with van der Waals surface area (Å²) in [6.07, 6.45) is 2.63. The minimum absolute atomic E-state index is 0.196. The van der Waals surface area contributed by atoms with Crippen LogP contribution < -0.4 is 5.32 Å². The van der Waals surface area contributed by atoms with Crippen LogP contribution in [0.15, 0.2) is 24.3 Å². The van der Waals surface area contributed by atoms with Gasteiger partial charge >= 0.3 is 0 Å². The lowest BCUT2D eigenvalue weighted by Crippen LogP contribution is -2.27. The molecule has 1 fully saturated rings. The third kappa shape index (κ3) is 2.13. The standard InChI is InChI=1S/C12H15NO/c1-9-2-4-10(5-3-9)8-11-6-7-12(14)13-11/h2-5,11H,6-8H2,1H3,(H,13,14)/t11-/m0/s1. The minimum Gasteiger partial charge on any atom is -0.353 e. The molecule has 1 aliphatic rings. The summed E-state index contributed by atoms with van der Waals surface area (Å²) in [4.78, 5) is 11.0. The van der Waals surface area contributed by atoms with Crippen LogP contribution >= 0.6 is 0 Å². The molecule has 1 atom stereocenters. The molecule has 2 nitrogen and oxygen atoms in total. The largest absolute Gasteiger partial charge is 0.353 e. The molecule has 0 saturated carbocycles. The molecule has 0 spiro atoms. The average Bonchev–Trinajstić information content (AvgIpc) is 2.56. The number of aryl methyl sites for hydroxylation is 1. The Labute approximate surface area is 84.3 Å². The molecule has 2 rings (SSSR count). The van der Waals surface area contributed by atoms with E-state index in [9.17, 15) is 4.79 Å². The molecule has 0 unspecified atom stereocenters. The smallest absolute Gasteiger partial charge is 0.220 e. The van der Waals surface area contributed by atoms with E-state index in [-0.39, 0.29) is 5.91 Å². The molecule has 0 radical (unpaired) electrons. The maximum absolute atomic E-state index is 11.0. The maximum Gasteiger partial charge on any atom is 0.220 e. The van der Waals surface area contributed by atoms with Gasteiger partial charge in [0.1, 0.15) is 0 Å². The van der Waals surface area contributed by atoms with Gasteiger partial charge in [0.15, 0.2) is 0 Å². The zero-order valence-electron chi connectivity index (χ0n) is 8.42. The van der Waals surface area contributed by atoms with Gasteiger partial charge < -0.3 is 5.32 Å². The van der Waals surface area contributed by atoms with E-state index < -0.39 is 0 Å². The third-order valence-electron chi connectivity index (χ3n) is 2.69. The maximum atomic E-state index is 11.0. The Bertz CT molecular complexity index is 329. The van der Waals surface area contributed by atoms with E-state index in [1.165, 1.54) is 11.1 Å². The van der Waals surface area contributed by atoms with Gasteiger partial charge in [0.2, 0.25) is 5.91 Å². The average molecular weight is 189 g/mol. The number of carbonyl (C=O) groups excluding carboxylic acids is 1. The normalized spacial score (nSPS) is 20.9. The lowest BCUT2D eigenvalue weighted by molar-refractivity contribution is -0.119. The first-order chi connectivity index (χ1) is 6.74. The molecule has 1 aliphatic heterocycles. The number of benzene rings is 1. The van der Waals surface area contributed by atoms with Crippen molar-refractivity contribution in [2.24, 2.45) is 0 Å². The molecule has 0 aromatic heterocycles. The van der Waals surface area contributed by atoms with Gasteiger partial charge in [-0.25, -0.2) is 0 Å². The first-order valence-corrected chi connectivity index (χ1v) is 5.09. The monoisotopic (exact) mass is 189 g/mol. The van der Waals surface area contributed by atoms with Crippen LogP contribution in [0.3, 0.4) is 0 Å². The molecule has 1 aromatic rings. The van der Waals surface area contributed by atoms with Crippen LogP contribution in [0.2, 0.25) is 0 Å². The van der Waals surface area contributed by atoms with Crippen molar-refractivity contribution >= 4 is 5.91 Å². The molecule has 14 heavy (non-hydrogen) atoms. The van der Waals surface area contributed by atoms with Crippen molar-refractivity contribution in [1.82, 2.24) is 5.32 Å². The topological polar surface area (TPSA) is 29.1 Å². The van der Waals surface area contributed by atoms with Gasteiger partial charge in [-0.15, -0.1) is 0 Å². The summed E-state index contributed by atoms with van der Waals surface area (Å²) >= 11 is 0. The van der Waals surface area contributed by atoms with E-state index in [1.807, 2.05) is 0 Å². The summed E-state index contributed by atoms with van der Waals surface area (Å²) < 4.78 is 0. The minimum atomic E-state index is 0.196. The highest BCUT2D eigenvalue weighted by Crippen LogP contribution is 2.13. The van der Waals surface area contributed by atoms with Gasteiger partial charge in [0, 0.05) is 12.5 Å². The summed E-state index contributed by atoms with van der Waals surface area (Å²) in [5.41, 5.74) is 2.59. The number of amides is 1. The van der Waals surface area contributed by atoms with Crippen LogP contribution in [0.1, 0.15) is 24.0 Å². The Morgan fingerprint density at radius 3 is 2.64 bits per heavy atom. The summed E-state index contributed by atoms with van der Waals surface area (Å²) in [6.45, 7) is 2.08. The van der Waals surface area contributed by atoms with E-state index in [2.05, 4.69) is 36.5 Å². The van der Waals surface area contributed by atoms with Gasteiger partial charge in [-0.05, 0) is 25.3 Å². The molecule has 74 valence electrons. The molecule has 1 aromatic carbocycles. The SMILES string of the molecule is Cc1ccc(C[C@@H]2CCC(=O)N2)cc1. The van der Waals surface area contributed by atoms with E-state index in [1.54, 1.807) is 0 Å². The molecule has 1 amide bonds. The molecule has 2 heteroatoms. The Morgan fingerprint density at radius 2 is 2.07 bits per heavy atom. The Morgan fingerprint density at radius 1 is 1.36 bits per heavy atom. The fourth-order valence-corrected chi connectivity index (χ4v) is 1.84. The predicted molar refractivity (Wildman–Crippen MR) is 56.0 cm³/mol. The molecular formula is C12H15NO. The lowest BCUT2D eigenvalue weighted by atomic mass is 10.0. The Kier molecular flexibility index (Phi) is 2.53. The summed E-state index contributed by atoms with van der Waals surface area (Å²) in [5.74, 6) is 0.196. The van der Waals surface area contributed by atoms with Gasteiger partial charge in [-0.3, -0.25) is 4.79 Å². The first-order valence-electron chi connectivity index (χ1n) is 5.09. The summed E-state index contributed by atoms with van der Waals surface area (Å²) in [5, 5.41) is 2.98. The molecule has 1 saturated heterocycles. The number of hydrogen-bond acceptors (Lipinski definition) is 1. The lowest BCUT2D eigenvalue weighted by Gasteiger charge is -2.09. The second-order valence-corrected chi connectivity index (χ2v) is 3.99. The van der Waals surface area contributed by atoms with Crippen LogP contribution in [-0.4, -0.2) is 11.9 Å². The first kappa shape index (κ1) is 9.25. The highest BCUT2D eigenvalue weighted by Gasteiger charge is 2.20. The van der Waals surface area contributed by atoms with Gasteiger partial charge in [-0.2, -0.15) is 0 Å². The molecule has 0 aliphatic carbocycles. The Balaban J connectivity index is 1.97. The van der Waals surface area contributed by atoms with Crippen LogP contribution in [-0.2, 0) is 11.2 Å². The third-order valence-corrected chi connectivity index (χ3v) is 2.69. The van der Waals surface area contributed by atoms with E-state index in [0.29, 0.717) is 12.5 Å². The van der Waals surface area contributed by atoms with Crippen molar-refractivity contribution in [3.05, 3.63) is 35.4 Å². The van der Waals surface area contributed by atoms with Gasteiger partial charge in [0.05, 0.1) is 0 Å². The van der Waals surface area contributed by atoms with Gasteiger partial charge in [0.25, 0.3) is 0 Å². The van der Waals surface area contributed by atoms with Gasteiger partial charge in [-0.1, -0.05) is 29.8 Å². The van der Waals surface area contributed by atoms with Crippen LogP contribution in [0, 0.1) is 6.92 Å². The number of carbonyl (C=O) groups is 1. The van der Waals surface area contributed by atoms with Crippen molar-refractivity contribution in [3.8, 4) is 0 Å². The molecule has 1 N–H and O–H groups in total. The van der Waals surface area contributed by atoms with Crippen molar-refractivity contribution in [2.45, 2.75) is 32.2 Å². The van der Waals surface area contributed by atoms with E-state index >= 15 is 0 Å².